The van der Waals surface area contributed by atoms with E-state index in [1.54, 1.807) is 12.1 Å². The van der Waals surface area contributed by atoms with E-state index in [1.807, 2.05) is 14.0 Å². The predicted octanol–water partition coefficient (Wildman–Crippen LogP) is 1.26. The van der Waals surface area contributed by atoms with Crippen molar-refractivity contribution in [1.82, 2.24) is 15.4 Å². The summed E-state index contributed by atoms with van der Waals surface area (Å²) in [5, 5.41) is 5.72. The van der Waals surface area contributed by atoms with Crippen LogP contribution in [0.1, 0.15) is 13.3 Å². The molecule has 0 fully saturated rings. The van der Waals surface area contributed by atoms with Gasteiger partial charge in [0.25, 0.3) is 0 Å². The minimum atomic E-state index is -3.59. The number of hydrogen-bond acceptors (Lipinski definition) is 4. The van der Waals surface area contributed by atoms with Gasteiger partial charge in [0.15, 0.2) is 0 Å². The molecule has 1 amide bonds. The van der Waals surface area contributed by atoms with E-state index < -0.39 is 10.0 Å². The van der Waals surface area contributed by atoms with Gasteiger partial charge in [-0.05, 0) is 32.2 Å². The number of halogens is 2. The van der Waals surface area contributed by atoms with Crippen molar-refractivity contribution in [1.29, 1.82) is 0 Å². The van der Waals surface area contributed by atoms with Gasteiger partial charge in [-0.1, -0.05) is 22.0 Å². The largest absolute Gasteiger partial charge is 0.355 e. The number of likely N-dealkylation sites (N-methyl/N-ethyl adjacent to an activating group) is 1. The van der Waals surface area contributed by atoms with Crippen LogP contribution in [0, 0.1) is 0 Å². The number of benzene rings is 1. The second-order valence-corrected chi connectivity index (χ2v) is 7.28. The minimum absolute atomic E-state index is 0. The molecule has 126 valence electrons. The average Bonchev–Trinajstić information content (AvgIpc) is 2.44. The van der Waals surface area contributed by atoms with Gasteiger partial charge in [-0.2, -0.15) is 0 Å². The van der Waals surface area contributed by atoms with E-state index in [0.29, 0.717) is 11.0 Å². The Morgan fingerprint density at radius 1 is 1.36 bits per heavy atom. The summed E-state index contributed by atoms with van der Waals surface area (Å²) in [7, 11) is -1.78. The fourth-order valence-electron chi connectivity index (χ4n) is 1.47. The van der Waals surface area contributed by atoms with Crippen LogP contribution < -0.4 is 15.4 Å². The van der Waals surface area contributed by atoms with Gasteiger partial charge in [0, 0.05) is 30.0 Å². The zero-order chi connectivity index (χ0) is 15.9. The number of nitrogens with one attached hydrogen (secondary N) is 3. The minimum Gasteiger partial charge on any atom is -0.355 e. The molecular formula is C13H21BrClN3O3S. The van der Waals surface area contributed by atoms with Gasteiger partial charge in [-0.3, -0.25) is 4.79 Å². The molecule has 22 heavy (non-hydrogen) atoms. The van der Waals surface area contributed by atoms with E-state index >= 15 is 0 Å². The van der Waals surface area contributed by atoms with Crippen LogP contribution in [-0.2, 0) is 14.8 Å². The zero-order valence-electron chi connectivity index (χ0n) is 12.4. The van der Waals surface area contributed by atoms with Crippen LogP contribution in [0.4, 0.5) is 0 Å². The van der Waals surface area contributed by atoms with Gasteiger partial charge in [0.1, 0.15) is 0 Å². The molecule has 6 nitrogen and oxygen atoms in total. The fraction of sp³-hybridized carbons (Fsp3) is 0.462. The maximum Gasteiger partial charge on any atom is 0.240 e. The number of carbonyl (C=O) groups is 1. The van der Waals surface area contributed by atoms with Crippen LogP contribution in [-0.4, -0.2) is 40.5 Å². The third kappa shape index (κ3) is 7.55. The van der Waals surface area contributed by atoms with Crippen molar-refractivity contribution in [2.75, 3.05) is 20.1 Å². The highest BCUT2D eigenvalue weighted by atomic mass is 79.9. The Balaban J connectivity index is 0.00000441. The first-order chi connectivity index (χ1) is 9.85. The lowest BCUT2D eigenvalue weighted by Gasteiger charge is -2.11. The lowest BCUT2D eigenvalue weighted by molar-refractivity contribution is -0.121. The summed E-state index contributed by atoms with van der Waals surface area (Å²) in [5.41, 5.74) is 0. The first kappa shape index (κ1) is 21.3. The molecule has 1 aromatic rings. The molecule has 0 bridgehead atoms. The highest BCUT2D eigenvalue weighted by Gasteiger charge is 2.14. The van der Waals surface area contributed by atoms with Gasteiger partial charge in [-0.15, -0.1) is 12.4 Å². The first-order valence-corrected chi connectivity index (χ1v) is 8.82. The van der Waals surface area contributed by atoms with Crippen molar-refractivity contribution in [2.24, 2.45) is 0 Å². The summed E-state index contributed by atoms with van der Waals surface area (Å²) in [4.78, 5) is 11.7. The predicted molar refractivity (Wildman–Crippen MR) is 92.7 cm³/mol. The lowest BCUT2D eigenvalue weighted by Crippen LogP contribution is -2.38. The molecule has 0 aliphatic heterocycles. The molecule has 3 N–H and O–H groups in total. The van der Waals surface area contributed by atoms with Gasteiger partial charge in [0.05, 0.1) is 4.90 Å². The summed E-state index contributed by atoms with van der Waals surface area (Å²) >= 11 is 3.22. The summed E-state index contributed by atoms with van der Waals surface area (Å²) in [5.74, 6) is -0.186. The molecule has 0 heterocycles. The van der Waals surface area contributed by atoms with Gasteiger partial charge < -0.3 is 10.6 Å². The van der Waals surface area contributed by atoms with Crippen LogP contribution in [0.5, 0.6) is 0 Å². The second-order valence-electron chi connectivity index (χ2n) is 4.60. The van der Waals surface area contributed by atoms with Crippen molar-refractivity contribution in [2.45, 2.75) is 24.3 Å². The van der Waals surface area contributed by atoms with E-state index in [-0.39, 0.29) is 42.2 Å². The number of hydrogen-bond donors (Lipinski definition) is 3. The van der Waals surface area contributed by atoms with Crippen molar-refractivity contribution < 1.29 is 13.2 Å². The van der Waals surface area contributed by atoms with Crippen molar-refractivity contribution in [3.63, 3.8) is 0 Å². The van der Waals surface area contributed by atoms with E-state index in [0.717, 1.165) is 0 Å². The molecule has 0 saturated carbocycles. The summed E-state index contributed by atoms with van der Waals surface area (Å²) in [6.45, 7) is 2.51. The normalized spacial score (nSPS) is 12.3. The second kappa shape index (κ2) is 10.2. The molecule has 1 rings (SSSR count). The Kier molecular flexibility index (Phi) is 9.86. The Bertz CT molecular complexity index is 584. The van der Waals surface area contributed by atoms with Crippen molar-refractivity contribution in [3.05, 3.63) is 28.7 Å². The molecule has 0 aliphatic rings. The molecule has 0 spiro atoms. The molecule has 1 unspecified atom stereocenters. The lowest BCUT2D eigenvalue weighted by atomic mass is 10.3. The molecule has 0 aromatic heterocycles. The van der Waals surface area contributed by atoms with Gasteiger partial charge in [0.2, 0.25) is 15.9 Å². The van der Waals surface area contributed by atoms with Crippen LogP contribution >= 0.6 is 28.3 Å². The van der Waals surface area contributed by atoms with E-state index in [2.05, 4.69) is 31.3 Å². The van der Waals surface area contributed by atoms with Gasteiger partial charge in [-0.25, -0.2) is 13.1 Å². The quantitative estimate of drug-likeness (QED) is 0.598. The van der Waals surface area contributed by atoms with Gasteiger partial charge >= 0.3 is 0 Å². The monoisotopic (exact) mass is 413 g/mol. The van der Waals surface area contributed by atoms with Crippen LogP contribution in [0.2, 0.25) is 0 Å². The topological polar surface area (TPSA) is 87.3 Å². The molecule has 1 aromatic carbocycles. The Morgan fingerprint density at radius 3 is 2.64 bits per heavy atom. The SMILES string of the molecule is CNC(C)CNC(=O)CCNS(=O)(=O)c1cccc(Br)c1.Cl. The summed E-state index contributed by atoms with van der Waals surface area (Å²) in [6, 6.07) is 6.57. The summed E-state index contributed by atoms with van der Waals surface area (Å²) < 4.78 is 27.1. The summed E-state index contributed by atoms with van der Waals surface area (Å²) in [6.07, 6.45) is 0.101. The van der Waals surface area contributed by atoms with E-state index in [4.69, 9.17) is 0 Å². The highest BCUT2D eigenvalue weighted by molar-refractivity contribution is 9.10. The third-order valence-electron chi connectivity index (χ3n) is 2.85. The Morgan fingerprint density at radius 2 is 2.05 bits per heavy atom. The van der Waals surface area contributed by atoms with Crippen LogP contribution in [0.15, 0.2) is 33.6 Å². The maximum absolute atomic E-state index is 12.0. The van der Waals surface area contributed by atoms with E-state index in [9.17, 15) is 13.2 Å². The van der Waals surface area contributed by atoms with E-state index in [1.165, 1.54) is 12.1 Å². The molecule has 0 radical (unpaired) electrons. The molecule has 0 saturated heterocycles. The maximum atomic E-state index is 12.0. The fourth-order valence-corrected chi connectivity index (χ4v) is 3.10. The number of amides is 1. The van der Waals surface area contributed by atoms with Crippen molar-refractivity contribution in [3.8, 4) is 0 Å². The smallest absolute Gasteiger partial charge is 0.240 e. The van der Waals surface area contributed by atoms with Crippen LogP contribution in [0.3, 0.4) is 0 Å². The third-order valence-corrected chi connectivity index (χ3v) is 4.80. The number of carbonyl (C=O) groups excluding carboxylic acids is 1. The molecule has 9 heteroatoms. The highest BCUT2D eigenvalue weighted by Crippen LogP contribution is 2.15. The van der Waals surface area contributed by atoms with Crippen LogP contribution in [0.25, 0.3) is 0 Å². The Labute approximate surface area is 146 Å². The number of sulfonamides is 1. The molecule has 1 atom stereocenters. The average molecular weight is 415 g/mol. The Hall–Kier alpha value is -0.670. The zero-order valence-corrected chi connectivity index (χ0v) is 15.6. The van der Waals surface area contributed by atoms with Crippen molar-refractivity contribution >= 4 is 44.3 Å². The standard InChI is InChI=1S/C13H20BrN3O3S.ClH/c1-10(15-2)9-16-13(18)6-7-17-21(19,20)12-5-3-4-11(14)8-12;/h3-5,8,10,15,17H,6-7,9H2,1-2H3,(H,16,18);1H. The number of rotatable bonds is 8. The molecular weight excluding hydrogens is 394 g/mol. The molecule has 0 aliphatic carbocycles. The first-order valence-electron chi connectivity index (χ1n) is 6.54.